The molecule has 1 atom stereocenters. The molecule has 1 aliphatic rings. The van der Waals surface area contributed by atoms with Crippen LogP contribution >= 0.6 is 0 Å². The Balaban J connectivity index is 1.64. The second-order valence-electron chi connectivity index (χ2n) is 6.95. The number of aromatic nitrogens is 3. The number of rotatable bonds is 4. The van der Waals surface area contributed by atoms with E-state index in [1.54, 1.807) is 36.5 Å². The molecule has 9 heteroatoms. The predicted molar refractivity (Wildman–Crippen MR) is 106 cm³/mol. The number of nitrogens with one attached hydrogen (secondary N) is 1. The molecule has 0 radical (unpaired) electrons. The fourth-order valence-electron chi connectivity index (χ4n) is 3.26. The molecule has 6 nitrogen and oxygen atoms in total. The molecule has 0 aliphatic heterocycles. The Hall–Kier alpha value is -3.49. The minimum atomic E-state index is -4.67. The van der Waals surface area contributed by atoms with Crippen LogP contribution in [0.25, 0.3) is 16.9 Å². The zero-order valence-electron chi connectivity index (χ0n) is 15.8. The van der Waals surface area contributed by atoms with E-state index in [9.17, 15) is 18.0 Å². The van der Waals surface area contributed by atoms with Crippen molar-refractivity contribution in [1.82, 2.24) is 20.0 Å². The Bertz CT molecular complexity index is 1120. The lowest BCUT2D eigenvalue weighted by Crippen LogP contribution is -2.20. The maximum Gasteiger partial charge on any atom is 0.433 e. The average Bonchev–Trinajstić information content (AvgIpc) is 3.18. The first-order valence-corrected chi connectivity index (χ1v) is 9.44. The predicted octanol–water partition coefficient (Wildman–Crippen LogP) is 4.49. The smallest absolute Gasteiger partial charge is 0.265 e. The van der Waals surface area contributed by atoms with Crippen LogP contribution in [-0.2, 0) is 6.18 Å². The summed E-state index contributed by atoms with van der Waals surface area (Å²) in [5.74, 6) is -0.471. The van der Waals surface area contributed by atoms with Gasteiger partial charge in [0.25, 0.3) is 5.91 Å². The molecule has 1 N–H and O–H groups in total. The fourth-order valence-corrected chi connectivity index (χ4v) is 3.26. The first-order valence-electron chi connectivity index (χ1n) is 9.44. The quantitative estimate of drug-likeness (QED) is 0.389. The molecule has 0 spiro atoms. The number of hydrazone groups is 1. The number of nitrogens with zero attached hydrogens (tertiary/aromatic N) is 4. The summed E-state index contributed by atoms with van der Waals surface area (Å²) < 4.78 is 41.5. The van der Waals surface area contributed by atoms with Gasteiger partial charge < -0.3 is 0 Å². The van der Waals surface area contributed by atoms with Crippen LogP contribution in [0.15, 0.2) is 59.7 Å². The first kappa shape index (κ1) is 19.8. The lowest BCUT2D eigenvalue weighted by Gasteiger charge is -2.11. The molecular weight excluding hydrogens is 395 g/mol. The van der Waals surface area contributed by atoms with E-state index in [1.807, 2.05) is 0 Å². The Morgan fingerprint density at radius 1 is 1.20 bits per heavy atom. The molecule has 30 heavy (non-hydrogen) atoms. The van der Waals surface area contributed by atoms with Gasteiger partial charge in [0.2, 0.25) is 0 Å². The highest BCUT2D eigenvalue weighted by Gasteiger charge is 2.35. The van der Waals surface area contributed by atoms with Gasteiger partial charge in [0.1, 0.15) is 0 Å². The van der Waals surface area contributed by atoms with Crippen molar-refractivity contribution in [2.45, 2.75) is 25.4 Å². The monoisotopic (exact) mass is 413 g/mol. The Morgan fingerprint density at radius 2 is 2.00 bits per heavy atom. The van der Waals surface area contributed by atoms with Crippen LogP contribution in [0.2, 0.25) is 0 Å². The van der Waals surface area contributed by atoms with Crippen molar-refractivity contribution in [1.29, 1.82) is 0 Å². The van der Waals surface area contributed by atoms with E-state index >= 15 is 0 Å². The summed E-state index contributed by atoms with van der Waals surface area (Å²) >= 11 is 0. The minimum absolute atomic E-state index is 0.0739. The molecule has 0 fully saturated rings. The van der Waals surface area contributed by atoms with E-state index < -0.39 is 17.8 Å². The summed E-state index contributed by atoms with van der Waals surface area (Å²) in [5, 5.41) is 7.74. The van der Waals surface area contributed by atoms with Gasteiger partial charge in [-0.25, -0.2) is 14.9 Å². The third kappa shape index (κ3) is 4.24. The van der Waals surface area contributed by atoms with Crippen molar-refractivity contribution < 1.29 is 18.0 Å². The van der Waals surface area contributed by atoms with Gasteiger partial charge in [-0.15, -0.1) is 0 Å². The van der Waals surface area contributed by atoms with Crippen LogP contribution in [0.5, 0.6) is 0 Å². The zero-order valence-corrected chi connectivity index (χ0v) is 15.8. The number of amides is 1. The number of hydrogen-bond acceptors (Lipinski definition) is 4. The lowest BCUT2D eigenvalue weighted by atomic mass is 9.96. The van der Waals surface area contributed by atoms with Crippen molar-refractivity contribution in [3.05, 3.63) is 66.0 Å². The van der Waals surface area contributed by atoms with Crippen LogP contribution < -0.4 is 5.43 Å². The highest BCUT2D eigenvalue weighted by molar-refractivity contribution is 5.93. The number of hydrogen-bond donors (Lipinski definition) is 1. The van der Waals surface area contributed by atoms with E-state index in [0.717, 1.165) is 25.3 Å². The molecule has 1 aliphatic carbocycles. The molecule has 0 saturated carbocycles. The number of carbonyl (C=O) groups is 1. The molecule has 2 aromatic heterocycles. The summed E-state index contributed by atoms with van der Waals surface area (Å²) in [7, 11) is 0. The van der Waals surface area contributed by atoms with Crippen LogP contribution in [0.4, 0.5) is 13.2 Å². The first-order chi connectivity index (χ1) is 14.4. The largest absolute Gasteiger partial charge is 0.433 e. The maximum absolute atomic E-state index is 13.6. The third-order valence-corrected chi connectivity index (χ3v) is 4.78. The topological polar surface area (TPSA) is 71.7 Å². The van der Waals surface area contributed by atoms with Gasteiger partial charge in [-0.05, 0) is 31.2 Å². The fraction of sp³-hybridized carbons (Fsp3) is 0.238. The number of halogens is 3. The molecule has 154 valence electrons. The Kier molecular flexibility index (Phi) is 5.35. The number of alkyl halides is 3. The summed E-state index contributed by atoms with van der Waals surface area (Å²) in [6.07, 6.45) is 3.85. The van der Waals surface area contributed by atoms with Crippen molar-refractivity contribution in [3.8, 4) is 11.3 Å². The molecule has 2 heterocycles. The molecule has 4 rings (SSSR count). The van der Waals surface area contributed by atoms with E-state index in [-0.39, 0.29) is 23.0 Å². The van der Waals surface area contributed by atoms with Crippen LogP contribution in [-0.4, -0.2) is 26.7 Å². The standard InChI is InChI=1S/C21H18F3N5O/c22-21(23,24)18-11-16(15-9-5-2-6-10-15)26-19-12-17(28-29(18)19)20(30)27-25-13-14-7-3-1-4-8-14/h1-3,5-6,9-14H,4,7-8H2,(H,27,30)/b25-13+. The highest BCUT2D eigenvalue weighted by atomic mass is 19.4. The normalized spacial score (nSPS) is 17.0. The number of carbonyl (C=O) groups excluding carboxylic acids is 1. The summed E-state index contributed by atoms with van der Waals surface area (Å²) in [6.45, 7) is 0. The molecule has 0 saturated heterocycles. The summed E-state index contributed by atoms with van der Waals surface area (Å²) in [5.41, 5.74) is 1.73. The molecular formula is C21H18F3N5O. The zero-order chi connectivity index (χ0) is 21.1. The van der Waals surface area contributed by atoms with Gasteiger partial charge in [-0.2, -0.15) is 23.4 Å². The van der Waals surface area contributed by atoms with Gasteiger partial charge in [-0.3, -0.25) is 4.79 Å². The van der Waals surface area contributed by atoms with Crippen molar-refractivity contribution in [2.75, 3.05) is 0 Å². The van der Waals surface area contributed by atoms with Gasteiger partial charge >= 0.3 is 6.18 Å². The van der Waals surface area contributed by atoms with Crippen molar-refractivity contribution in [3.63, 3.8) is 0 Å². The molecule has 1 amide bonds. The van der Waals surface area contributed by atoms with E-state index in [0.29, 0.717) is 10.1 Å². The van der Waals surface area contributed by atoms with Gasteiger partial charge in [0.15, 0.2) is 17.0 Å². The van der Waals surface area contributed by atoms with Crippen LogP contribution in [0, 0.1) is 5.92 Å². The van der Waals surface area contributed by atoms with Crippen molar-refractivity contribution in [2.24, 2.45) is 11.0 Å². The van der Waals surface area contributed by atoms with Crippen LogP contribution in [0.1, 0.15) is 35.4 Å². The molecule has 3 aromatic rings. The van der Waals surface area contributed by atoms with Gasteiger partial charge in [0, 0.05) is 17.8 Å². The molecule has 1 unspecified atom stereocenters. The summed E-state index contributed by atoms with van der Waals surface area (Å²) in [6, 6.07) is 10.7. The minimum Gasteiger partial charge on any atom is -0.265 e. The second kappa shape index (κ2) is 8.10. The van der Waals surface area contributed by atoms with Crippen LogP contribution in [0.3, 0.4) is 0 Å². The van der Waals surface area contributed by atoms with Gasteiger partial charge in [0.05, 0.1) is 5.69 Å². The number of fused-ring (bicyclic) bond motifs is 1. The Labute approximate surface area is 170 Å². The number of benzene rings is 1. The van der Waals surface area contributed by atoms with Gasteiger partial charge in [-0.1, -0.05) is 42.5 Å². The average molecular weight is 413 g/mol. The van der Waals surface area contributed by atoms with E-state index in [2.05, 4.69) is 32.8 Å². The highest BCUT2D eigenvalue weighted by Crippen LogP contribution is 2.32. The lowest BCUT2D eigenvalue weighted by molar-refractivity contribution is -0.142. The molecule has 1 aromatic carbocycles. The second-order valence-corrected chi connectivity index (χ2v) is 6.95. The molecule has 0 bridgehead atoms. The number of allylic oxidation sites excluding steroid dienone is 2. The SMILES string of the molecule is O=C(N/N=C/C1CC=CCC1)c1cc2nc(-c3ccccc3)cc(C(F)(F)F)n2n1. The van der Waals surface area contributed by atoms with E-state index in [4.69, 9.17) is 0 Å². The van der Waals surface area contributed by atoms with Crippen molar-refractivity contribution >= 4 is 17.8 Å². The maximum atomic E-state index is 13.6. The Morgan fingerprint density at radius 3 is 2.70 bits per heavy atom. The third-order valence-electron chi connectivity index (χ3n) is 4.78. The summed E-state index contributed by atoms with van der Waals surface area (Å²) in [4.78, 5) is 16.6. The van der Waals surface area contributed by atoms with E-state index in [1.165, 1.54) is 6.07 Å².